The summed E-state index contributed by atoms with van der Waals surface area (Å²) in [6, 6.07) is 12.2. The van der Waals surface area contributed by atoms with Gasteiger partial charge >= 0.3 is 11.7 Å². The predicted octanol–water partition coefficient (Wildman–Crippen LogP) is 4.70. The number of ether oxygens (including phenoxy) is 1. The van der Waals surface area contributed by atoms with Crippen molar-refractivity contribution in [1.29, 1.82) is 0 Å². The van der Waals surface area contributed by atoms with E-state index in [0.717, 1.165) is 0 Å². The Kier molecular flexibility index (Phi) is 7.24. The lowest BCUT2D eigenvalue weighted by atomic mass is 10.1. The van der Waals surface area contributed by atoms with Crippen LogP contribution in [0.3, 0.4) is 0 Å². The zero-order chi connectivity index (χ0) is 25.0. The Labute approximate surface area is 198 Å². The average molecular weight is 467 g/mol. The van der Waals surface area contributed by atoms with Crippen molar-refractivity contribution >= 4 is 40.3 Å². The number of carbonyl (C=O) groups excluding carboxylic acids is 2. The normalized spacial score (nSPS) is 11.4. The van der Waals surface area contributed by atoms with Crippen molar-refractivity contribution in [3.05, 3.63) is 58.4 Å². The van der Waals surface area contributed by atoms with Crippen LogP contribution in [0.1, 0.15) is 40.2 Å². The Morgan fingerprint density at radius 2 is 1.82 bits per heavy atom. The molecule has 0 saturated carbocycles. The Hall–Kier alpha value is -3.88. The quantitative estimate of drug-likeness (QED) is 0.541. The van der Waals surface area contributed by atoms with Gasteiger partial charge in [-0.05, 0) is 71.4 Å². The molecule has 2 N–H and O–H groups in total. The molecule has 0 saturated heterocycles. The highest BCUT2D eigenvalue weighted by atomic mass is 16.6. The van der Waals surface area contributed by atoms with E-state index in [1.54, 1.807) is 64.1 Å². The molecule has 0 spiro atoms. The lowest BCUT2D eigenvalue weighted by Gasteiger charge is -2.27. The smallest absolute Gasteiger partial charge is 0.415 e. The van der Waals surface area contributed by atoms with E-state index in [9.17, 15) is 14.4 Å². The number of fused-ring (bicyclic) bond motifs is 1. The number of hydrogen-bond acceptors (Lipinski definition) is 7. The molecule has 2 amide bonds. The molecule has 3 aromatic rings. The van der Waals surface area contributed by atoms with Crippen molar-refractivity contribution in [2.45, 2.75) is 53.2 Å². The van der Waals surface area contributed by atoms with Crippen LogP contribution in [0.4, 0.5) is 22.2 Å². The number of benzene rings is 2. The van der Waals surface area contributed by atoms with Crippen LogP contribution in [0.2, 0.25) is 0 Å². The fraction of sp³-hybridized carbons (Fsp3) is 0.360. The molecule has 0 radical (unpaired) electrons. The first-order valence-electron chi connectivity index (χ1n) is 11.0. The minimum Gasteiger partial charge on any atom is -0.443 e. The van der Waals surface area contributed by atoms with E-state index in [2.05, 4.69) is 15.6 Å². The Morgan fingerprint density at radius 3 is 2.44 bits per heavy atom. The number of nitrogens with one attached hydrogen (secondary N) is 2. The number of aromatic nitrogens is 1. The van der Waals surface area contributed by atoms with Gasteiger partial charge in [0.1, 0.15) is 12.1 Å². The molecule has 0 atom stereocenters. The van der Waals surface area contributed by atoms with Gasteiger partial charge in [-0.1, -0.05) is 18.2 Å². The standard InChI is InChI=1S/C25H30N4O5/c1-15(2)26-23-28-19-13-17(12-16(3)21(19)22(31)33-23)27-20(30)14-29(18-10-8-7-9-11-18)24(32)34-25(4,5)6/h7-13,15H,14H2,1-6H3,(H,26,28)(H,27,30). The average Bonchev–Trinajstić information content (AvgIpc) is 2.70. The fourth-order valence-electron chi connectivity index (χ4n) is 3.30. The number of aryl methyl sites for hydroxylation is 1. The predicted molar refractivity (Wildman–Crippen MR) is 132 cm³/mol. The van der Waals surface area contributed by atoms with Crippen molar-refractivity contribution < 1.29 is 18.7 Å². The Morgan fingerprint density at radius 1 is 1.15 bits per heavy atom. The summed E-state index contributed by atoms with van der Waals surface area (Å²) in [5.74, 6) is -0.433. The van der Waals surface area contributed by atoms with Gasteiger partial charge in [0.05, 0.1) is 10.9 Å². The summed E-state index contributed by atoms with van der Waals surface area (Å²) in [7, 11) is 0. The second-order valence-corrected chi connectivity index (χ2v) is 9.24. The molecule has 0 aliphatic heterocycles. The molecule has 0 bridgehead atoms. The molecule has 0 aliphatic carbocycles. The van der Waals surface area contributed by atoms with Gasteiger partial charge in [-0.15, -0.1) is 0 Å². The molecule has 0 fully saturated rings. The molecule has 180 valence electrons. The first-order valence-corrected chi connectivity index (χ1v) is 11.0. The van der Waals surface area contributed by atoms with Crippen LogP contribution in [0, 0.1) is 6.92 Å². The van der Waals surface area contributed by atoms with E-state index in [-0.39, 0.29) is 18.6 Å². The van der Waals surface area contributed by atoms with Crippen LogP contribution in [0.15, 0.2) is 51.7 Å². The van der Waals surface area contributed by atoms with Gasteiger partial charge < -0.3 is 19.8 Å². The topological polar surface area (TPSA) is 114 Å². The molecule has 2 aromatic carbocycles. The second kappa shape index (κ2) is 9.94. The summed E-state index contributed by atoms with van der Waals surface area (Å²) in [6.45, 7) is 10.6. The third kappa shape index (κ3) is 6.34. The van der Waals surface area contributed by atoms with Crippen LogP contribution < -0.4 is 21.2 Å². The maximum Gasteiger partial charge on any atom is 0.415 e. The molecule has 9 nitrogen and oxygen atoms in total. The van der Waals surface area contributed by atoms with Crippen LogP contribution >= 0.6 is 0 Å². The van der Waals surface area contributed by atoms with E-state index in [1.807, 2.05) is 19.9 Å². The molecule has 0 aliphatic rings. The molecular weight excluding hydrogens is 436 g/mol. The first kappa shape index (κ1) is 24.8. The largest absolute Gasteiger partial charge is 0.443 e. The van der Waals surface area contributed by atoms with E-state index in [4.69, 9.17) is 9.15 Å². The molecule has 3 rings (SSSR count). The number of para-hydroxylation sites is 1. The number of rotatable bonds is 6. The summed E-state index contributed by atoms with van der Waals surface area (Å²) in [5.41, 5.74) is 0.749. The Bertz CT molecular complexity index is 1250. The molecule has 0 unspecified atom stereocenters. The van der Waals surface area contributed by atoms with E-state index >= 15 is 0 Å². The van der Waals surface area contributed by atoms with Crippen LogP contribution in [-0.2, 0) is 9.53 Å². The number of hydrogen-bond donors (Lipinski definition) is 2. The van der Waals surface area contributed by atoms with Gasteiger partial charge in [0.25, 0.3) is 6.01 Å². The monoisotopic (exact) mass is 466 g/mol. The van der Waals surface area contributed by atoms with Gasteiger partial charge in [0.2, 0.25) is 5.91 Å². The zero-order valence-electron chi connectivity index (χ0n) is 20.3. The van der Waals surface area contributed by atoms with Gasteiger partial charge in [-0.3, -0.25) is 9.69 Å². The number of anilines is 3. The van der Waals surface area contributed by atoms with Gasteiger partial charge in [0, 0.05) is 17.4 Å². The van der Waals surface area contributed by atoms with E-state index in [0.29, 0.717) is 27.8 Å². The number of carbonyl (C=O) groups is 2. The highest BCUT2D eigenvalue weighted by molar-refractivity contribution is 6.01. The molecule has 1 heterocycles. The van der Waals surface area contributed by atoms with Crippen LogP contribution in [-0.4, -0.2) is 35.2 Å². The number of nitrogens with zero attached hydrogens (tertiary/aromatic N) is 2. The summed E-state index contributed by atoms with van der Waals surface area (Å²) in [6.07, 6.45) is -0.632. The molecule has 9 heteroatoms. The van der Waals surface area contributed by atoms with Crippen molar-refractivity contribution in [1.82, 2.24) is 4.98 Å². The summed E-state index contributed by atoms with van der Waals surface area (Å²) in [5, 5.41) is 6.10. The minimum atomic E-state index is -0.718. The summed E-state index contributed by atoms with van der Waals surface area (Å²) < 4.78 is 10.7. The van der Waals surface area contributed by atoms with Crippen molar-refractivity contribution in [3.8, 4) is 0 Å². The molecule has 1 aromatic heterocycles. The highest BCUT2D eigenvalue weighted by Crippen LogP contribution is 2.22. The third-order valence-corrected chi connectivity index (χ3v) is 4.61. The Balaban J connectivity index is 1.87. The fourth-order valence-corrected chi connectivity index (χ4v) is 3.30. The lowest BCUT2D eigenvalue weighted by molar-refractivity contribution is -0.115. The maximum absolute atomic E-state index is 12.9. The minimum absolute atomic E-state index is 0.0221. The van der Waals surface area contributed by atoms with E-state index in [1.165, 1.54) is 4.90 Å². The maximum atomic E-state index is 12.9. The molecular formula is C25H30N4O5. The van der Waals surface area contributed by atoms with Crippen molar-refractivity contribution in [2.24, 2.45) is 0 Å². The van der Waals surface area contributed by atoms with Crippen molar-refractivity contribution in [3.63, 3.8) is 0 Å². The van der Waals surface area contributed by atoms with Gasteiger partial charge in [-0.25, -0.2) is 9.59 Å². The lowest BCUT2D eigenvalue weighted by Crippen LogP contribution is -2.41. The zero-order valence-corrected chi connectivity index (χ0v) is 20.3. The third-order valence-electron chi connectivity index (χ3n) is 4.61. The number of amides is 2. The first-order chi connectivity index (χ1) is 15.9. The summed E-state index contributed by atoms with van der Waals surface area (Å²) in [4.78, 5) is 43.8. The summed E-state index contributed by atoms with van der Waals surface area (Å²) >= 11 is 0. The second-order valence-electron chi connectivity index (χ2n) is 9.24. The highest BCUT2D eigenvalue weighted by Gasteiger charge is 2.25. The van der Waals surface area contributed by atoms with E-state index < -0.39 is 23.2 Å². The van der Waals surface area contributed by atoms with Crippen LogP contribution in [0.5, 0.6) is 0 Å². The van der Waals surface area contributed by atoms with Crippen molar-refractivity contribution in [2.75, 3.05) is 22.1 Å². The van der Waals surface area contributed by atoms with Gasteiger partial charge in [-0.2, -0.15) is 4.98 Å². The molecule has 34 heavy (non-hydrogen) atoms. The van der Waals surface area contributed by atoms with Crippen LogP contribution in [0.25, 0.3) is 10.9 Å². The SMILES string of the molecule is Cc1cc(NC(=O)CN(C(=O)OC(C)(C)C)c2ccccc2)cc2nc(NC(C)C)oc(=O)c12. The van der Waals surface area contributed by atoms with Gasteiger partial charge in [0.15, 0.2) is 0 Å².